The Morgan fingerprint density at radius 3 is 2.78 bits per heavy atom. The predicted molar refractivity (Wildman–Crippen MR) is 60.9 cm³/mol. The van der Waals surface area contributed by atoms with Gasteiger partial charge in [0.15, 0.2) is 0 Å². The van der Waals surface area contributed by atoms with Crippen LogP contribution in [-0.4, -0.2) is 22.7 Å². The fourth-order valence-corrected chi connectivity index (χ4v) is 1.45. The van der Waals surface area contributed by atoms with Crippen LogP contribution in [-0.2, 0) is 6.54 Å². The van der Waals surface area contributed by atoms with Crippen LogP contribution in [0, 0.1) is 12.3 Å². The Kier molecular flexibility index (Phi) is 4.43. The minimum Gasteiger partial charge on any atom is -0.337 e. The molecule has 1 heterocycles. The zero-order valence-electron chi connectivity index (χ0n) is 9.79. The minimum absolute atomic E-state index is 0.0546. The van der Waals surface area contributed by atoms with Crippen LogP contribution in [0.25, 0.3) is 0 Å². The molecule has 1 rings (SSSR count). The maximum absolute atomic E-state index is 12.3. The average molecular weight is 258 g/mol. The van der Waals surface area contributed by atoms with Crippen molar-refractivity contribution in [2.24, 2.45) is 0 Å². The summed E-state index contributed by atoms with van der Waals surface area (Å²) >= 11 is 0. The van der Waals surface area contributed by atoms with E-state index in [2.05, 4.69) is 11.2 Å². The normalized spacial score (nSPS) is 12.8. The van der Waals surface area contributed by atoms with Crippen molar-refractivity contribution in [3.8, 4) is 12.3 Å². The number of amides is 1. The van der Waals surface area contributed by atoms with E-state index in [-0.39, 0.29) is 5.69 Å². The number of halogens is 3. The zero-order valence-corrected chi connectivity index (χ0v) is 9.79. The van der Waals surface area contributed by atoms with E-state index in [1.54, 1.807) is 6.92 Å². The monoisotopic (exact) mass is 258 g/mol. The Labute approximate surface area is 103 Å². The number of nitrogens with zero attached hydrogens (tertiary/aromatic N) is 1. The molecule has 98 valence electrons. The van der Waals surface area contributed by atoms with Crippen molar-refractivity contribution < 1.29 is 18.0 Å². The molecule has 0 bridgehead atoms. The first-order valence-electron chi connectivity index (χ1n) is 5.36. The number of aromatic nitrogens is 1. The topological polar surface area (TPSA) is 34.0 Å². The van der Waals surface area contributed by atoms with Crippen LogP contribution in [0.4, 0.5) is 13.2 Å². The first-order valence-corrected chi connectivity index (χ1v) is 5.36. The molecule has 1 atom stereocenters. The van der Waals surface area contributed by atoms with Gasteiger partial charge < -0.3 is 9.88 Å². The van der Waals surface area contributed by atoms with E-state index < -0.39 is 24.7 Å². The van der Waals surface area contributed by atoms with Gasteiger partial charge in [-0.25, -0.2) is 0 Å². The van der Waals surface area contributed by atoms with Crippen molar-refractivity contribution in [2.75, 3.05) is 0 Å². The molecule has 0 saturated heterocycles. The lowest BCUT2D eigenvalue weighted by Gasteiger charge is -2.14. The Balaban J connectivity index is 2.82. The Morgan fingerprint density at radius 2 is 2.28 bits per heavy atom. The Hall–Kier alpha value is -1.90. The summed E-state index contributed by atoms with van der Waals surface area (Å²) in [7, 11) is 0. The lowest BCUT2D eigenvalue weighted by atomic mass is 10.2. The summed E-state index contributed by atoms with van der Waals surface area (Å²) in [6, 6.07) is 2.23. The average Bonchev–Trinajstić information content (AvgIpc) is 2.71. The molecule has 1 amide bonds. The van der Waals surface area contributed by atoms with Gasteiger partial charge in [0.05, 0.1) is 6.04 Å². The third-order valence-electron chi connectivity index (χ3n) is 2.33. The van der Waals surface area contributed by atoms with Crippen LogP contribution >= 0.6 is 0 Å². The number of rotatable bonds is 4. The molecule has 0 aliphatic rings. The largest absolute Gasteiger partial charge is 0.406 e. The number of nitrogens with one attached hydrogen (secondary N) is 1. The van der Waals surface area contributed by atoms with E-state index >= 15 is 0 Å². The summed E-state index contributed by atoms with van der Waals surface area (Å²) < 4.78 is 37.7. The number of carbonyl (C=O) groups is 1. The molecule has 0 radical (unpaired) electrons. The molecule has 1 unspecified atom stereocenters. The molecule has 18 heavy (non-hydrogen) atoms. The fraction of sp³-hybridized carbons (Fsp3) is 0.417. The van der Waals surface area contributed by atoms with E-state index in [9.17, 15) is 18.0 Å². The maximum Gasteiger partial charge on any atom is 0.406 e. The van der Waals surface area contributed by atoms with Crippen LogP contribution in [0.1, 0.15) is 23.8 Å². The summed E-state index contributed by atoms with van der Waals surface area (Å²) in [6.45, 7) is 0.579. The highest BCUT2D eigenvalue weighted by atomic mass is 19.4. The van der Waals surface area contributed by atoms with Gasteiger partial charge in [0.25, 0.3) is 5.91 Å². The summed E-state index contributed by atoms with van der Waals surface area (Å²) in [5.41, 5.74) is -0.0546. The quantitative estimate of drug-likeness (QED) is 0.825. The second kappa shape index (κ2) is 5.63. The maximum atomic E-state index is 12.3. The van der Waals surface area contributed by atoms with Crippen molar-refractivity contribution in [1.82, 2.24) is 9.88 Å². The molecular formula is C12H13F3N2O. The molecule has 1 N–H and O–H groups in total. The first kappa shape index (κ1) is 14.2. The minimum atomic E-state index is -4.37. The molecule has 0 aliphatic carbocycles. The molecule has 3 nitrogen and oxygen atoms in total. The Morgan fingerprint density at radius 1 is 1.61 bits per heavy atom. The highest BCUT2D eigenvalue weighted by Crippen LogP contribution is 2.19. The van der Waals surface area contributed by atoms with Crippen molar-refractivity contribution in [1.29, 1.82) is 0 Å². The van der Waals surface area contributed by atoms with Crippen LogP contribution in [0.2, 0.25) is 0 Å². The third kappa shape index (κ3) is 3.84. The number of hydrogen-bond acceptors (Lipinski definition) is 1. The smallest absolute Gasteiger partial charge is 0.337 e. The molecule has 1 aromatic rings. The van der Waals surface area contributed by atoms with Crippen molar-refractivity contribution in [3.05, 3.63) is 24.0 Å². The van der Waals surface area contributed by atoms with Crippen molar-refractivity contribution >= 4 is 5.91 Å². The van der Waals surface area contributed by atoms with Gasteiger partial charge in [0.1, 0.15) is 12.2 Å². The molecule has 0 spiro atoms. The molecule has 0 aliphatic heterocycles. The van der Waals surface area contributed by atoms with Crippen LogP contribution in [0.5, 0.6) is 0 Å². The highest BCUT2D eigenvalue weighted by Gasteiger charge is 2.29. The molecule has 6 heteroatoms. The van der Waals surface area contributed by atoms with Gasteiger partial charge >= 0.3 is 6.18 Å². The van der Waals surface area contributed by atoms with Gasteiger partial charge in [-0.2, -0.15) is 13.2 Å². The van der Waals surface area contributed by atoms with Gasteiger partial charge in [0, 0.05) is 6.20 Å². The lowest BCUT2D eigenvalue weighted by molar-refractivity contribution is -0.140. The first-order chi connectivity index (χ1) is 8.37. The van der Waals surface area contributed by atoms with E-state index in [0.717, 1.165) is 4.57 Å². The van der Waals surface area contributed by atoms with E-state index in [1.165, 1.54) is 18.3 Å². The summed E-state index contributed by atoms with van der Waals surface area (Å²) in [5.74, 6) is 1.75. The SMILES string of the molecule is C#CC(CC)NC(=O)c1cccn1CC(F)(F)F. The number of carbonyl (C=O) groups excluding carboxylic acids is 1. The highest BCUT2D eigenvalue weighted by molar-refractivity contribution is 5.93. The lowest BCUT2D eigenvalue weighted by Crippen LogP contribution is -2.35. The van der Waals surface area contributed by atoms with Crippen LogP contribution in [0.3, 0.4) is 0 Å². The fourth-order valence-electron chi connectivity index (χ4n) is 1.45. The van der Waals surface area contributed by atoms with Crippen molar-refractivity contribution in [2.45, 2.75) is 32.1 Å². The Bertz CT molecular complexity index is 457. The van der Waals surface area contributed by atoms with Crippen LogP contribution < -0.4 is 5.32 Å². The van der Waals surface area contributed by atoms with E-state index in [4.69, 9.17) is 6.42 Å². The van der Waals surface area contributed by atoms with Crippen LogP contribution in [0.15, 0.2) is 18.3 Å². The summed E-state index contributed by atoms with van der Waals surface area (Å²) in [6.07, 6.45) is 2.53. The number of alkyl halides is 3. The summed E-state index contributed by atoms with van der Waals surface area (Å²) in [4.78, 5) is 11.7. The predicted octanol–water partition coefficient (Wildman–Crippen LogP) is 2.19. The second-order valence-corrected chi connectivity index (χ2v) is 3.74. The summed E-state index contributed by atoms with van der Waals surface area (Å²) in [5, 5.41) is 2.48. The third-order valence-corrected chi connectivity index (χ3v) is 2.33. The van der Waals surface area contributed by atoms with Gasteiger partial charge in [-0.3, -0.25) is 4.79 Å². The zero-order chi connectivity index (χ0) is 13.8. The standard InChI is InChI=1S/C12H13F3N2O/c1-3-9(4-2)16-11(18)10-6-5-7-17(10)8-12(13,14)15/h1,5-7,9H,4,8H2,2H3,(H,16,18). The number of hydrogen-bond donors (Lipinski definition) is 1. The van der Waals surface area contributed by atoms with Gasteiger partial charge in [0.2, 0.25) is 0 Å². The molecule has 0 fully saturated rings. The molecule has 0 aromatic carbocycles. The second-order valence-electron chi connectivity index (χ2n) is 3.74. The molecule has 1 aromatic heterocycles. The van der Waals surface area contributed by atoms with E-state index in [1.807, 2.05) is 0 Å². The molecular weight excluding hydrogens is 245 g/mol. The van der Waals surface area contributed by atoms with E-state index in [0.29, 0.717) is 6.42 Å². The van der Waals surface area contributed by atoms with Gasteiger partial charge in [-0.1, -0.05) is 12.8 Å². The van der Waals surface area contributed by atoms with Gasteiger partial charge in [-0.05, 0) is 18.6 Å². The van der Waals surface area contributed by atoms with Gasteiger partial charge in [-0.15, -0.1) is 6.42 Å². The molecule has 0 saturated carbocycles. The van der Waals surface area contributed by atoms with Crippen molar-refractivity contribution in [3.63, 3.8) is 0 Å². The number of terminal acetylenes is 1.